The molecule has 0 bridgehead atoms. The highest BCUT2D eigenvalue weighted by Crippen LogP contribution is 2.35. The summed E-state index contributed by atoms with van der Waals surface area (Å²) < 4.78 is 1.90. The number of imidazole rings is 1. The zero-order valence-electron chi connectivity index (χ0n) is 21.8. The van der Waals surface area contributed by atoms with Gasteiger partial charge in [0.25, 0.3) is 0 Å². The van der Waals surface area contributed by atoms with Crippen LogP contribution in [0.1, 0.15) is 47.0 Å². The second kappa shape index (κ2) is 12.5. The molecule has 10 heteroatoms. The molecule has 37 heavy (non-hydrogen) atoms. The number of rotatable bonds is 7. The van der Waals surface area contributed by atoms with E-state index < -0.39 is 5.54 Å². The number of amides is 1. The number of carbonyl (C=O) groups is 1. The molecule has 4 rings (SSSR count). The van der Waals surface area contributed by atoms with Gasteiger partial charge in [-0.15, -0.1) is 6.58 Å². The highest BCUT2D eigenvalue weighted by molar-refractivity contribution is 6.36. The predicted molar refractivity (Wildman–Crippen MR) is 154 cm³/mol. The van der Waals surface area contributed by atoms with Gasteiger partial charge in [-0.2, -0.15) is 0 Å². The van der Waals surface area contributed by atoms with E-state index in [-0.39, 0.29) is 11.9 Å². The standard InChI is InChI=1S/C23H27Cl2N7O.C4H8/c1-4-9-32-19(16-6-5-15(24)12-17(16)25)29-18-20(27-13-28-21(18)32)31-10-7-23(8-11-31,22(26)33)30-14(2)3;1-3-4-2/h4-6,9,12-14,30H,7-8,10-11H2,1-3H3,(H2,26,33);3H,1,4H2,2H3/b9-4+;. The lowest BCUT2D eigenvalue weighted by Gasteiger charge is -2.41. The second-order valence-corrected chi connectivity index (χ2v) is 10.1. The quantitative estimate of drug-likeness (QED) is 0.371. The number of hydrogen-bond acceptors (Lipinski definition) is 6. The molecule has 0 saturated carbocycles. The van der Waals surface area contributed by atoms with Gasteiger partial charge >= 0.3 is 0 Å². The van der Waals surface area contributed by atoms with Crippen molar-refractivity contribution in [3.8, 4) is 11.4 Å². The topological polar surface area (TPSA) is 102 Å². The Balaban J connectivity index is 0.000000886. The molecule has 0 spiro atoms. The molecule has 0 aliphatic carbocycles. The summed E-state index contributed by atoms with van der Waals surface area (Å²) in [5.74, 6) is 1.05. The van der Waals surface area contributed by atoms with Crippen LogP contribution in [0.4, 0.5) is 5.82 Å². The Kier molecular flexibility index (Phi) is 9.70. The van der Waals surface area contributed by atoms with Gasteiger partial charge < -0.3 is 16.0 Å². The Labute approximate surface area is 228 Å². The van der Waals surface area contributed by atoms with E-state index in [2.05, 4.69) is 33.7 Å². The van der Waals surface area contributed by atoms with Crippen molar-refractivity contribution in [1.29, 1.82) is 0 Å². The molecular weight excluding hydrogens is 509 g/mol. The largest absolute Gasteiger partial charge is 0.368 e. The summed E-state index contributed by atoms with van der Waals surface area (Å²) in [6, 6.07) is 5.47. The molecule has 198 valence electrons. The summed E-state index contributed by atoms with van der Waals surface area (Å²) in [6.45, 7) is 12.7. The van der Waals surface area contributed by atoms with E-state index in [1.165, 1.54) is 6.33 Å². The zero-order valence-corrected chi connectivity index (χ0v) is 23.4. The van der Waals surface area contributed by atoms with Crippen molar-refractivity contribution >= 4 is 52.3 Å². The van der Waals surface area contributed by atoms with Crippen molar-refractivity contribution < 1.29 is 4.79 Å². The number of nitrogens with one attached hydrogen (secondary N) is 1. The molecular formula is C27H35Cl2N7O. The molecule has 8 nitrogen and oxygen atoms in total. The first-order chi connectivity index (χ1) is 17.7. The third kappa shape index (κ3) is 6.32. The maximum absolute atomic E-state index is 12.3. The van der Waals surface area contributed by atoms with Crippen LogP contribution in [-0.2, 0) is 4.79 Å². The lowest BCUT2D eigenvalue weighted by Crippen LogP contribution is -2.62. The van der Waals surface area contributed by atoms with E-state index in [0.717, 1.165) is 17.8 Å². The molecule has 2 aromatic heterocycles. The minimum Gasteiger partial charge on any atom is -0.368 e. The number of primary amides is 1. The summed E-state index contributed by atoms with van der Waals surface area (Å²) in [7, 11) is 0. The van der Waals surface area contributed by atoms with E-state index in [0.29, 0.717) is 53.0 Å². The molecule has 3 heterocycles. The number of fused-ring (bicyclic) bond motifs is 1. The normalized spacial score (nSPS) is 15.2. The molecule has 0 atom stereocenters. The van der Waals surface area contributed by atoms with Crippen molar-refractivity contribution in [2.24, 2.45) is 5.73 Å². The minimum absolute atomic E-state index is 0.151. The van der Waals surface area contributed by atoms with Gasteiger partial charge in [0.15, 0.2) is 17.0 Å². The number of nitrogens with two attached hydrogens (primary N) is 1. The molecule has 3 aromatic rings. The fourth-order valence-electron chi connectivity index (χ4n) is 4.39. The lowest BCUT2D eigenvalue weighted by molar-refractivity contribution is -0.125. The first-order valence-electron chi connectivity index (χ1n) is 12.4. The first kappa shape index (κ1) is 28.6. The average molecular weight is 545 g/mol. The zero-order chi connectivity index (χ0) is 27.2. The molecule has 0 unspecified atom stereocenters. The van der Waals surface area contributed by atoms with Crippen LogP contribution in [0.5, 0.6) is 0 Å². The molecule has 1 aliphatic heterocycles. The van der Waals surface area contributed by atoms with E-state index in [4.69, 9.17) is 33.9 Å². The van der Waals surface area contributed by atoms with Gasteiger partial charge in [0, 0.05) is 35.9 Å². The Bertz CT molecular complexity index is 1280. The van der Waals surface area contributed by atoms with Crippen LogP contribution in [0.15, 0.2) is 43.3 Å². The van der Waals surface area contributed by atoms with Gasteiger partial charge in [0.1, 0.15) is 17.7 Å². The van der Waals surface area contributed by atoms with E-state index in [1.54, 1.807) is 12.1 Å². The molecule has 1 fully saturated rings. The lowest BCUT2D eigenvalue weighted by atomic mass is 9.86. The van der Waals surface area contributed by atoms with Gasteiger partial charge in [-0.1, -0.05) is 42.3 Å². The fourth-order valence-corrected chi connectivity index (χ4v) is 4.89. The SMILES string of the molecule is C/C=C/n1c(-c2ccc(Cl)cc2Cl)nc2c(N3CCC(NC(C)C)(C(N)=O)CC3)ncnc21.C=CCC. The molecule has 0 radical (unpaired) electrons. The number of piperidine rings is 1. The Morgan fingerprint density at radius 2 is 1.95 bits per heavy atom. The smallest absolute Gasteiger partial charge is 0.237 e. The number of halogens is 2. The molecule has 1 aromatic carbocycles. The van der Waals surface area contributed by atoms with Crippen LogP contribution in [0.2, 0.25) is 10.0 Å². The van der Waals surface area contributed by atoms with Gasteiger partial charge in [0.2, 0.25) is 5.91 Å². The van der Waals surface area contributed by atoms with Crippen LogP contribution in [0.25, 0.3) is 28.8 Å². The highest BCUT2D eigenvalue weighted by Gasteiger charge is 2.41. The number of allylic oxidation sites excluding steroid dienone is 2. The van der Waals surface area contributed by atoms with E-state index in [1.807, 2.05) is 49.8 Å². The van der Waals surface area contributed by atoms with Crippen molar-refractivity contribution in [1.82, 2.24) is 24.8 Å². The van der Waals surface area contributed by atoms with Gasteiger partial charge in [-0.25, -0.2) is 15.0 Å². The van der Waals surface area contributed by atoms with Gasteiger partial charge in [-0.05, 0) is 58.2 Å². The Morgan fingerprint density at radius 1 is 1.27 bits per heavy atom. The average Bonchev–Trinajstić information content (AvgIpc) is 3.22. The first-order valence-corrected chi connectivity index (χ1v) is 13.2. The maximum Gasteiger partial charge on any atom is 0.237 e. The third-order valence-electron chi connectivity index (χ3n) is 6.17. The molecule has 1 aliphatic rings. The predicted octanol–water partition coefficient (Wildman–Crippen LogP) is 5.70. The van der Waals surface area contributed by atoms with Crippen LogP contribution in [-0.4, -0.2) is 50.1 Å². The van der Waals surface area contributed by atoms with Crippen LogP contribution >= 0.6 is 23.2 Å². The Hall–Kier alpha value is -2.94. The van der Waals surface area contributed by atoms with Crippen LogP contribution in [0, 0.1) is 0 Å². The second-order valence-electron chi connectivity index (χ2n) is 9.21. The number of benzene rings is 1. The van der Waals surface area contributed by atoms with E-state index >= 15 is 0 Å². The summed E-state index contributed by atoms with van der Waals surface area (Å²) in [4.78, 5) is 28.4. The number of carbonyl (C=O) groups excluding carboxylic acids is 1. The molecule has 1 amide bonds. The fraction of sp³-hybridized carbons (Fsp3) is 0.407. The highest BCUT2D eigenvalue weighted by atomic mass is 35.5. The van der Waals surface area contributed by atoms with Crippen molar-refractivity contribution in [3.05, 3.63) is 53.3 Å². The maximum atomic E-state index is 12.3. The summed E-state index contributed by atoms with van der Waals surface area (Å²) in [5, 5.41) is 4.43. The van der Waals surface area contributed by atoms with Gasteiger partial charge in [-0.3, -0.25) is 9.36 Å². The summed E-state index contributed by atoms with van der Waals surface area (Å²) in [6.07, 6.45) is 9.47. The van der Waals surface area contributed by atoms with Crippen LogP contribution in [0.3, 0.4) is 0 Å². The van der Waals surface area contributed by atoms with Crippen molar-refractivity contribution in [2.75, 3.05) is 18.0 Å². The van der Waals surface area contributed by atoms with Crippen molar-refractivity contribution in [2.45, 2.75) is 58.5 Å². The van der Waals surface area contributed by atoms with E-state index in [9.17, 15) is 4.79 Å². The summed E-state index contributed by atoms with van der Waals surface area (Å²) >= 11 is 12.6. The number of anilines is 1. The van der Waals surface area contributed by atoms with Crippen LogP contribution < -0.4 is 16.0 Å². The molecule has 3 N–H and O–H groups in total. The minimum atomic E-state index is -0.719. The monoisotopic (exact) mass is 543 g/mol. The number of nitrogens with zero attached hydrogens (tertiary/aromatic N) is 5. The summed E-state index contributed by atoms with van der Waals surface area (Å²) in [5.41, 5.74) is 7.15. The number of aromatic nitrogens is 4. The van der Waals surface area contributed by atoms with Gasteiger partial charge in [0.05, 0.1) is 5.02 Å². The third-order valence-corrected chi connectivity index (χ3v) is 6.72. The Morgan fingerprint density at radius 3 is 2.49 bits per heavy atom. The van der Waals surface area contributed by atoms with Crippen molar-refractivity contribution in [3.63, 3.8) is 0 Å². The number of hydrogen-bond donors (Lipinski definition) is 2. The molecule has 1 saturated heterocycles.